The predicted octanol–water partition coefficient (Wildman–Crippen LogP) is 3.88. The fourth-order valence-corrected chi connectivity index (χ4v) is 3.45. The maximum absolute atomic E-state index is 8.82. The van der Waals surface area contributed by atoms with Gasteiger partial charge in [-0.2, -0.15) is 10.5 Å². The van der Waals surface area contributed by atoms with Crippen LogP contribution in [0.25, 0.3) is 10.9 Å². The average molecular weight is 318 g/mol. The minimum atomic E-state index is 0.0776. The van der Waals surface area contributed by atoms with E-state index < -0.39 is 0 Å². The highest BCUT2D eigenvalue weighted by Gasteiger charge is 2.18. The second-order valence-corrected chi connectivity index (χ2v) is 6.03. The number of rotatable bonds is 5. The summed E-state index contributed by atoms with van der Waals surface area (Å²) in [5, 5.41) is 24.0. The molecule has 0 amide bonds. The fourth-order valence-electron chi connectivity index (χ4n) is 2.60. The summed E-state index contributed by atoms with van der Waals surface area (Å²) in [6, 6.07) is 16.1. The van der Waals surface area contributed by atoms with Crippen molar-refractivity contribution in [1.29, 1.82) is 10.5 Å². The van der Waals surface area contributed by atoms with Gasteiger partial charge in [0, 0.05) is 40.6 Å². The summed E-state index contributed by atoms with van der Waals surface area (Å²) in [5.74, 6) is 0.154. The van der Waals surface area contributed by atoms with E-state index in [-0.39, 0.29) is 11.5 Å². The zero-order chi connectivity index (χ0) is 16.1. The van der Waals surface area contributed by atoms with Crippen molar-refractivity contribution in [2.24, 2.45) is 0 Å². The van der Waals surface area contributed by atoms with Crippen molar-refractivity contribution in [3.8, 4) is 12.1 Å². The molecule has 0 aliphatic heterocycles. The number of allylic oxidation sites excluding steroid dienone is 1. The number of thiophene rings is 1. The van der Waals surface area contributed by atoms with Crippen LogP contribution in [0.15, 0.2) is 59.7 Å². The van der Waals surface area contributed by atoms with Crippen LogP contribution in [0, 0.1) is 22.7 Å². The van der Waals surface area contributed by atoms with Gasteiger partial charge in [-0.3, -0.25) is 0 Å². The van der Waals surface area contributed by atoms with E-state index in [1.54, 1.807) is 11.3 Å². The molecule has 2 N–H and O–H groups in total. The summed E-state index contributed by atoms with van der Waals surface area (Å²) >= 11 is 1.70. The van der Waals surface area contributed by atoms with Gasteiger partial charge in [-0.25, -0.2) is 0 Å². The predicted molar refractivity (Wildman–Crippen MR) is 91.8 cm³/mol. The maximum atomic E-state index is 8.82. The Morgan fingerprint density at radius 3 is 2.78 bits per heavy atom. The van der Waals surface area contributed by atoms with E-state index in [0.717, 1.165) is 5.52 Å². The molecule has 5 heteroatoms. The number of nitriles is 2. The van der Waals surface area contributed by atoms with Crippen LogP contribution in [0.4, 0.5) is 0 Å². The van der Waals surface area contributed by atoms with Gasteiger partial charge in [0.1, 0.15) is 17.7 Å². The van der Waals surface area contributed by atoms with E-state index in [1.165, 1.54) is 22.0 Å². The third-order valence-electron chi connectivity index (χ3n) is 3.69. The molecule has 2 aromatic heterocycles. The van der Waals surface area contributed by atoms with E-state index >= 15 is 0 Å². The van der Waals surface area contributed by atoms with Crippen LogP contribution in [0.5, 0.6) is 0 Å². The van der Waals surface area contributed by atoms with E-state index in [2.05, 4.69) is 33.9 Å². The Morgan fingerprint density at radius 2 is 2.04 bits per heavy atom. The Balaban J connectivity index is 1.93. The fraction of sp³-hybridized carbons (Fsp3) is 0.111. The number of para-hydroxylation sites is 1. The van der Waals surface area contributed by atoms with Crippen LogP contribution in [0.1, 0.15) is 16.4 Å². The molecule has 3 aromatic rings. The molecule has 3 rings (SSSR count). The molecule has 23 heavy (non-hydrogen) atoms. The Hall–Kier alpha value is -3.02. The van der Waals surface area contributed by atoms with Crippen molar-refractivity contribution < 1.29 is 0 Å². The average Bonchev–Trinajstić information content (AvgIpc) is 3.25. The van der Waals surface area contributed by atoms with Gasteiger partial charge < -0.3 is 10.3 Å². The monoisotopic (exact) mass is 318 g/mol. The third kappa shape index (κ3) is 3.11. The number of H-pyrrole nitrogens is 1. The minimum Gasteiger partial charge on any atom is -0.388 e. The van der Waals surface area contributed by atoms with Crippen molar-refractivity contribution in [3.05, 3.63) is 70.2 Å². The quantitative estimate of drug-likeness (QED) is 0.701. The molecule has 112 valence electrons. The van der Waals surface area contributed by atoms with Crippen molar-refractivity contribution in [1.82, 2.24) is 10.3 Å². The summed E-state index contributed by atoms with van der Waals surface area (Å²) in [6.45, 7) is 0.620. The molecule has 0 fully saturated rings. The van der Waals surface area contributed by atoms with Crippen molar-refractivity contribution in [2.45, 2.75) is 5.92 Å². The van der Waals surface area contributed by atoms with E-state index in [0.29, 0.717) is 6.54 Å². The first-order valence-electron chi connectivity index (χ1n) is 7.16. The largest absolute Gasteiger partial charge is 0.388 e. The highest BCUT2D eigenvalue weighted by molar-refractivity contribution is 7.10. The molecule has 0 spiro atoms. The number of hydrogen-bond donors (Lipinski definition) is 2. The highest BCUT2D eigenvalue weighted by atomic mass is 32.1. The van der Waals surface area contributed by atoms with Gasteiger partial charge in [-0.05, 0) is 23.1 Å². The lowest BCUT2D eigenvalue weighted by Gasteiger charge is -2.15. The van der Waals surface area contributed by atoms with Gasteiger partial charge in [-0.1, -0.05) is 24.3 Å². The van der Waals surface area contributed by atoms with E-state index in [9.17, 15) is 0 Å². The van der Waals surface area contributed by atoms with Gasteiger partial charge in [0.2, 0.25) is 0 Å². The van der Waals surface area contributed by atoms with Gasteiger partial charge in [-0.15, -0.1) is 11.3 Å². The lowest BCUT2D eigenvalue weighted by molar-refractivity contribution is 0.748. The molecule has 1 aromatic carbocycles. The molecule has 0 radical (unpaired) electrons. The molecule has 0 saturated carbocycles. The molecular weight excluding hydrogens is 304 g/mol. The maximum Gasteiger partial charge on any atom is 0.145 e. The molecular formula is C18H14N4S. The molecule has 2 heterocycles. The Labute approximate surface area is 138 Å². The second kappa shape index (κ2) is 6.83. The number of nitrogens with one attached hydrogen (secondary N) is 2. The van der Waals surface area contributed by atoms with Crippen LogP contribution >= 0.6 is 11.3 Å². The smallest absolute Gasteiger partial charge is 0.145 e. The summed E-state index contributed by atoms with van der Waals surface area (Å²) < 4.78 is 0. The van der Waals surface area contributed by atoms with Crippen molar-refractivity contribution in [3.63, 3.8) is 0 Å². The van der Waals surface area contributed by atoms with Crippen molar-refractivity contribution in [2.75, 3.05) is 6.54 Å². The molecule has 0 aliphatic carbocycles. The van der Waals surface area contributed by atoms with Gasteiger partial charge in [0.15, 0.2) is 0 Å². The molecule has 1 atom stereocenters. The summed E-state index contributed by atoms with van der Waals surface area (Å²) in [5.41, 5.74) is 2.39. The topological polar surface area (TPSA) is 75.4 Å². The Kier molecular flexibility index (Phi) is 4.42. The van der Waals surface area contributed by atoms with Crippen LogP contribution in [-0.2, 0) is 0 Å². The number of benzene rings is 1. The Bertz CT molecular complexity index is 891. The zero-order valence-electron chi connectivity index (χ0n) is 12.3. The van der Waals surface area contributed by atoms with Crippen LogP contribution in [-0.4, -0.2) is 11.5 Å². The van der Waals surface area contributed by atoms with Crippen molar-refractivity contribution >= 4 is 22.2 Å². The van der Waals surface area contributed by atoms with Crippen LogP contribution in [0.2, 0.25) is 0 Å². The molecule has 4 nitrogen and oxygen atoms in total. The van der Waals surface area contributed by atoms with E-state index in [4.69, 9.17) is 10.5 Å². The lowest BCUT2D eigenvalue weighted by Crippen LogP contribution is -2.17. The SMILES string of the molecule is N#CC(C#N)=CNCC(c1cccs1)c1c[nH]c2ccccc12. The van der Waals surface area contributed by atoms with Crippen LogP contribution < -0.4 is 5.32 Å². The standard InChI is InChI=1S/C18H14N4S/c19-8-13(9-20)10-21-11-16(18-6-3-7-23-18)15-12-22-17-5-2-1-4-14(15)17/h1-7,10,12,16,21-22H,11H2. The van der Waals surface area contributed by atoms with E-state index in [1.807, 2.05) is 36.5 Å². The number of aromatic amines is 1. The normalized spacial score (nSPS) is 11.4. The molecule has 1 unspecified atom stereocenters. The second-order valence-electron chi connectivity index (χ2n) is 5.05. The first-order chi connectivity index (χ1) is 11.3. The summed E-state index contributed by atoms with van der Waals surface area (Å²) in [4.78, 5) is 4.55. The third-order valence-corrected chi connectivity index (χ3v) is 4.68. The first-order valence-corrected chi connectivity index (χ1v) is 8.04. The number of nitrogens with zero attached hydrogens (tertiary/aromatic N) is 2. The molecule has 0 aliphatic rings. The highest BCUT2D eigenvalue weighted by Crippen LogP contribution is 2.32. The lowest BCUT2D eigenvalue weighted by atomic mass is 9.97. The van der Waals surface area contributed by atoms with Gasteiger partial charge >= 0.3 is 0 Å². The zero-order valence-corrected chi connectivity index (χ0v) is 13.1. The summed E-state index contributed by atoms with van der Waals surface area (Å²) in [7, 11) is 0. The first kappa shape index (κ1) is 14.9. The molecule has 0 bridgehead atoms. The Morgan fingerprint density at radius 1 is 1.22 bits per heavy atom. The number of fused-ring (bicyclic) bond motifs is 1. The number of hydrogen-bond acceptors (Lipinski definition) is 4. The van der Waals surface area contributed by atoms with Gasteiger partial charge in [0.05, 0.1) is 0 Å². The number of aromatic nitrogens is 1. The summed E-state index contributed by atoms with van der Waals surface area (Å²) in [6.07, 6.45) is 3.52. The van der Waals surface area contributed by atoms with Crippen LogP contribution in [0.3, 0.4) is 0 Å². The van der Waals surface area contributed by atoms with Gasteiger partial charge in [0.25, 0.3) is 0 Å². The molecule has 0 saturated heterocycles. The minimum absolute atomic E-state index is 0.0776.